The van der Waals surface area contributed by atoms with Crippen LogP contribution >= 0.6 is 0 Å². The summed E-state index contributed by atoms with van der Waals surface area (Å²) in [4.78, 5) is 10.8. The van der Waals surface area contributed by atoms with Crippen molar-refractivity contribution in [3.05, 3.63) is 0 Å². The second kappa shape index (κ2) is 3.31. The van der Waals surface area contributed by atoms with Gasteiger partial charge in [0.25, 0.3) is 0 Å². The molecular formula is C8H17NO3. The Labute approximate surface area is 72.9 Å². The lowest BCUT2D eigenvalue weighted by Crippen LogP contribution is -2.57. The molecular weight excluding hydrogens is 158 g/mol. The predicted molar refractivity (Wildman–Crippen MR) is 45.9 cm³/mol. The Morgan fingerprint density at radius 2 is 1.75 bits per heavy atom. The van der Waals surface area contributed by atoms with Crippen LogP contribution in [0.1, 0.15) is 27.7 Å². The third-order valence-corrected chi connectivity index (χ3v) is 2.13. The number of rotatable bonds is 2. The average molecular weight is 175 g/mol. The molecule has 0 radical (unpaired) electrons. The van der Waals surface area contributed by atoms with Crippen molar-refractivity contribution in [3.8, 4) is 0 Å². The van der Waals surface area contributed by atoms with Gasteiger partial charge in [-0.25, -0.2) is 4.79 Å². The minimum absolute atomic E-state index is 0.540. The summed E-state index contributed by atoms with van der Waals surface area (Å²) in [6, 6.07) is 0. The summed E-state index contributed by atoms with van der Waals surface area (Å²) in [5.41, 5.74) is -1.69. The number of ether oxygens (including phenoxy) is 1. The van der Waals surface area contributed by atoms with E-state index in [0.29, 0.717) is 0 Å². The Balaban J connectivity index is 4.33. The van der Waals surface area contributed by atoms with Crippen LogP contribution in [0.5, 0.6) is 0 Å². The summed E-state index contributed by atoms with van der Waals surface area (Å²) in [5.74, 6) is 0. The van der Waals surface area contributed by atoms with Gasteiger partial charge >= 0.3 is 6.09 Å². The maximum absolute atomic E-state index is 10.8. The third-order valence-electron chi connectivity index (χ3n) is 2.13. The quantitative estimate of drug-likeness (QED) is 0.655. The number of nitrogens with one attached hydrogen (secondary N) is 1. The Bertz CT molecular complexity index is 170. The fraction of sp³-hybridized carbons (Fsp3) is 0.875. The van der Waals surface area contributed by atoms with Crippen molar-refractivity contribution >= 4 is 6.09 Å². The van der Waals surface area contributed by atoms with E-state index in [0.717, 1.165) is 0 Å². The number of hydrogen-bond acceptors (Lipinski definition) is 3. The SMILES string of the molecule is COC(=O)NC(C)(C)C(C)(C)O. The molecule has 0 aromatic heterocycles. The molecule has 0 atom stereocenters. The number of hydrogen-bond donors (Lipinski definition) is 2. The van der Waals surface area contributed by atoms with Gasteiger partial charge in [0.15, 0.2) is 0 Å². The fourth-order valence-electron chi connectivity index (χ4n) is 0.459. The van der Waals surface area contributed by atoms with Crippen LogP contribution in [0, 0.1) is 0 Å². The Kier molecular flexibility index (Phi) is 3.10. The molecule has 0 rings (SSSR count). The summed E-state index contributed by atoms with van der Waals surface area (Å²) >= 11 is 0. The van der Waals surface area contributed by atoms with Gasteiger partial charge in [0.05, 0.1) is 18.2 Å². The van der Waals surface area contributed by atoms with Gasteiger partial charge in [-0.2, -0.15) is 0 Å². The first-order valence-corrected chi connectivity index (χ1v) is 3.79. The highest BCUT2D eigenvalue weighted by atomic mass is 16.5. The van der Waals surface area contributed by atoms with Gasteiger partial charge in [0, 0.05) is 0 Å². The topological polar surface area (TPSA) is 58.6 Å². The second-order valence-electron chi connectivity index (χ2n) is 3.80. The molecule has 0 unspecified atom stereocenters. The summed E-state index contributed by atoms with van der Waals surface area (Å²) in [5, 5.41) is 12.2. The molecule has 0 heterocycles. The summed E-state index contributed by atoms with van der Waals surface area (Å²) in [6.07, 6.45) is -0.540. The van der Waals surface area contributed by atoms with Crippen LogP contribution < -0.4 is 5.32 Å². The van der Waals surface area contributed by atoms with Gasteiger partial charge in [-0.15, -0.1) is 0 Å². The van der Waals surface area contributed by atoms with Crippen LogP contribution in [0.15, 0.2) is 0 Å². The largest absolute Gasteiger partial charge is 0.453 e. The highest BCUT2D eigenvalue weighted by molar-refractivity contribution is 5.68. The van der Waals surface area contributed by atoms with Crippen LogP contribution in [0.4, 0.5) is 4.79 Å². The molecule has 4 heteroatoms. The van der Waals surface area contributed by atoms with Gasteiger partial charge in [-0.3, -0.25) is 0 Å². The molecule has 0 bridgehead atoms. The number of methoxy groups -OCH3 is 1. The average Bonchev–Trinajstić information content (AvgIpc) is 1.84. The Hall–Kier alpha value is -0.770. The van der Waals surface area contributed by atoms with Gasteiger partial charge < -0.3 is 15.2 Å². The minimum atomic E-state index is -0.985. The van der Waals surface area contributed by atoms with E-state index in [-0.39, 0.29) is 0 Å². The van der Waals surface area contributed by atoms with Crippen molar-refractivity contribution in [1.82, 2.24) is 5.32 Å². The Morgan fingerprint density at radius 1 is 1.33 bits per heavy atom. The smallest absolute Gasteiger partial charge is 0.407 e. The van der Waals surface area contributed by atoms with Gasteiger partial charge in [0.2, 0.25) is 0 Å². The van der Waals surface area contributed by atoms with E-state index in [2.05, 4.69) is 10.1 Å². The fourth-order valence-corrected chi connectivity index (χ4v) is 0.459. The van der Waals surface area contributed by atoms with Crippen LogP contribution in [0.2, 0.25) is 0 Å². The van der Waals surface area contributed by atoms with Crippen molar-refractivity contribution in [2.24, 2.45) is 0 Å². The van der Waals surface area contributed by atoms with E-state index in [4.69, 9.17) is 0 Å². The number of carbonyl (C=O) groups is 1. The minimum Gasteiger partial charge on any atom is -0.453 e. The molecule has 12 heavy (non-hydrogen) atoms. The zero-order chi connectivity index (χ0) is 9.99. The molecule has 0 fully saturated rings. The lowest BCUT2D eigenvalue weighted by atomic mass is 9.86. The maximum Gasteiger partial charge on any atom is 0.407 e. The summed E-state index contributed by atoms with van der Waals surface area (Å²) in [6.45, 7) is 6.71. The van der Waals surface area contributed by atoms with Crippen molar-refractivity contribution in [1.29, 1.82) is 0 Å². The predicted octanol–water partition coefficient (Wildman–Crippen LogP) is 0.892. The monoisotopic (exact) mass is 175 g/mol. The van der Waals surface area contributed by atoms with E-state index in [1.807, 2.05) is 0 Å². The molecule has 0 aliphatic carbocycles. The first-order chi connectivity index (χ1) is 5.20. The lowest BCUT2D eigenvalue weighted by Gasteiger charge is -2.37. The van der Waals surface area contributed by atoms with E-state index in [9.17, 15) is 9.90 Å². The zero-order valence-corrected chi connectivity index (χ0v) is 8.26. The van der Waals surface area contributed by atoms with E-state index in [1.165, 1.54) is 7.11 Å². The molecule has 0 spiro atoms. The number of amides is 1. The van der Waals surface area contributed by atoms with E-state index >= 15 is 0 Å². The van der Waals surface area contributed by atoms with Crippen molar-refractivity contribution in [2.75, 3.05) is 7.11 Å². The zero-order valence-electron chi connectivity index (χ0n) is 8.26. The van der Waals surface area contributed by atoms with E-state index in [1.54, 1.807) is 27.7 Å². The van der Waals surface area contributed by atoms with Crippen LogP contribution in [0.3, 0.4) is 0 Å². The summed E-state index contributed by atoms with van der Waals surface area (Å²) in [7, 11) is 1.29. The molecule has 72 valence electrons. The molecule has 0 saturated carbocycles. The Morgan fingerprint density at radius 3 is 2.00 bits per heavy atom. The highest BCUT2D eigenvalue weighted by Gasteiger charge is 2.36. The lowest BCUT2D eigenvalue weighted by molar-refractivity contribution is -0.00365. The third kappa shape index (κ3) is 2.70. The van der Waals surface area contributed by atoms with Crippen molar-refractivity contribution < 1.29 is 14.6 Å². The first kappa shape index (κ1) is 11.2. The number of carbonyl (C=O) groups excluding carboxylic acids is 1. The van der Waals surface area contributed by atoms with Gasteiger partial charge in [-0.1, -0.05) is 0 Å². The maximum atomic E-state index is 10.8. The standard InChI is InChI=1S/C8H17NO3/c1-7(2,8(3,4)11)9-6(10)12-5/h11H,1-5H3,(H,9,10). The van der Waals surface area contributed by atoms with E-state index < -0.39 is 17.2 Å². The number of alkyl carbamates (subject to hydrolysis) is 1. The van der Waals surface area contributed by atoms with Crippen molar-refractivity contribution in [3.63, 3.8) is 0 Å². The van der Waals surface area contributed by atoms with Crippen LogP contribution in [-0.2, 0) is 4.74 Å². The summed E-state index contributed by atoms with van der Waals surface area (Å²) < 4.78 is 4.42. The first-order valence-electron chi connectivity index (χ1n) is 3.79. The molecule has 0 aliphatic heterocycles. The second-order valence-corrected chi connectivity index (χ2v) is 3.80. The molecule has 0 saturated heterocycles. The van der Waals surface area contributed by atoms with Crippen molar-refractivity contribution in [2.45, 2.75) is 38.8 Å². The molecule has 2 N–H and O–H groups in total. The number of aliphatic hydroxyl groups is 1. The normalized spacial score (nSPS) is 12.5. The molecule has 0 aromatic carbocycles. The van der Waals surface area contributed by atoms with Gasteiger partial charge in [0.1, 0.15) is 0 Å². The van der Waals surface area contributed by atoms with Crippen LogP contribution in [-0.4, -0.2) is 29.4 Å². The van der Waals surface area contributed by atoms with Crippen LogP contribution in [0.25, 0.3) is 0 Å². The molecule has 1 amide bonds. The van der Waals surface area contributed by atoms with Gasteiger partial charge in [-0.05, 0) is 27.7 Å². The molecule has 0 aliphatic rings. The molecule has 4 nitrogen and oxygen atoms in total. The highest BCUT2D eigenvalue weighted by Crippen LogP contribution is 2.20. The molecule has 0 aromatic rings.